The van der Waals surface area contributed by atoms with Crippen LogP contribution in [-0.4, -0.2) is 0 Å². The van der Waals surface area contributed by atoms with Gasteiger partial charge in [-0.15, -0.1) is 6.58 Å². The minimum absolute atomic E-state index is 0.191. The van der Waals surface area contributed by atoms with Crippen LogP contribution in [0.25, 0.3) is 0 Å². The second-order valence-electron chi connectivity index (χ2n) is 4.58. The summed E-state index contributed by atoms with van der Waals surface area (Å²) < 4.78 is 0. The van der Waals surface area contributed by atoms with E-state index in [1.807, 2.05) is 24.3 Å². The normalized spacial score (nSPS) is 19.7. The molecule has 104 valence electrons. The quantitative estimate of drug-likeness (QED) is 0.399. The molecule has 0 aliphatic heterocycles. The minimum Gasteiger partial charge on any atom is -0.102 e. The lowest BCUT2D eigenvalue weighted by atomic mass is 9.88. The smallest absolute Gasteiger partial charge is 0.0281 e. The summed E-state index contributed by atoms with van der Waals surface area (Å²) in [5.41, 5.74) is 6.18. The zero-order valence-corrected chi connectivity index (χ0v) is 12.7. The van der Waals surface area contributed by atoms with E-state index in [2.05, 4.69) is 52.3 Å². The third-order valence-electron chi connectivity index (χ3n) is 3.67. The monoisotopic (exact) mass is 264 g/mol. The SMILES string of the molecule is C=C/C=C\C1=C(C(=C\C)/CC)C(C=C)C(C=C)=C1C=C. The number of hydrogen-bond donors (Lipinski definition) is 0. The van der Waals surface area contributed by atoms with Gasteiger partial charge in [0.05, 0.1) is 0 Å². The van der Waals surface area contributed by atoms with Gasteiger partial charge in [-0.05, 0) is 41.2 Å². The Bertz CT molecular complexity index is 545. The van der Waals surface area contributed by atoms with Crippen molar-refractivity contribution in [1.29, 1.82) is 0 Å². The van der Waals surface area contributed by atoms with E-state index < -0.39 is 0 Å². The lowest BCUT2D eigenvalue weighted by molar-refractivity contribution is 0.920. The predicted molar refractivity (Wildman–Crippen MR) is 91.5 cm³/mol. The molecule has 0 aromatic rings. The lowest BCUT2D eigenvalue weighted by Crippen LogP contribution is -2.02. The topological polar surface area (TPSA) is 0 Å². The highest BCUT2D eigenvalue weighted by molar-refractivity contribution is 5.67. The second-order valence-corrected chi connectivity index (χ2v) is 4.58. The highest BCUT2D eigenvalue weighted by Crippen LogP contribution is 2.44. The number of hydrogen-bond acceptors (Lipinski definition) is 0. The Labute approximate surface area is 123 Å². The Morgan fingerprint density at radius 1 is 1.10 bits per heavy atom. The summed E-state index contributed by atoms with van der Waals surface area (Å²) >= 11 is 0. The molecule has 0 heterocycles. The van der Waals surface area contributed by atoms with Gasteiger partial charge < -0.3 is 0 Å². The summed E-state index contributed by atoms with van der Waals surface area (Å²) in [5.74, 6) is 0.191. The van der Waals surface area contributed by atoms with Crippen LogP contribution in [0.4, 0.5) is 0 Å². The molecule has 1 unspecified atom stereocenters. The minimum atomic E-state index is 0.191. The van der Waals surface area contributed by atoms with Gasteiger partial charge in [0.15, 0.2) is 0 Å². The Balaban J connectivity index is 3.63. The van der Waals surface area contributed by atoms with Crippen molar-refractivity contribution in [2.45, 2.75) is 20.3 Å². The van der Waals surface area contributed by atoms with Gasteiger partial charge in [-0.2, -0.15) is 0 Å². The molecule has 1 aliphatic rings. The standard InChI is InChI=1S/C20H24/c1-7-13-14-19-17(11-5)16(10-4)18(12-6)20(19)15(8-2)9-3/h7-8,10-14,18H,1,4-6,9H2,2-3H3/b14-13-,15-8-. The van der Waals surface area contributed by atoms with Crippen LogP contribution >= 0.6 is 0 Å². The third kappa shape index (κ3) is 2.75. The first-order chi connectivity index (χ1) is 9.69. The first-order valence-electron chi connectivity index (χ1n) is 7.00. The van der Waals surface area contributed by atoms with Crippen LogP contribution in [0.2, 0.25) is 0 Å². The van der Waals surface area contributed by atoms with Gasteiger partial charge in [0, 0.05) is 5.92 Å². The molecule has 0 radical (unpaired) electrons. The molecule has 1 atom stereocenters. The first kappa shape index (κ1) is 16.0. The Kier molecular flexibility index (Phi) is 5.99. The summed E-state index contributed by atoms with van der Waals surface area (Å²) in [7, 11) is 0. The van der Waals surface area contributed by atoms with Crippen molar-refractivity contribution in [2.75, 3.05) is 0 Å². The van der Waals surface area contributed by atoms with Crippen molar-refractivity contribution >= 4 is 0 Å². The molecule has 0 saturated carbocycles. The van der Waals surface area contributed by atoms with E-state index in [0.29, 0.717) is 0 Å². The molecule has 1 aliphatic carbocycles. The van der Waals surface area contributed by atoms with Crippen molar-refractivity contribution in [3.63, 3.8) is 0 Å². The summed E-state index contributed by atoms with van der Waals surface area (Å²) in [6.07, 6.45) is 14.9. The Hall–Kier alpha value is -2.08. The van der Waals surface area contributed by atoms with Gasteiger partial charge in [0.25, 0.3) is 0 Å². The molecule has 0 nitrogen and oxygen atoms in total. The molecule has 0 bridgehead atoms. The molecule has 0 heteroatoms. The van der Waals surface area contributed by atoms with Crippen LogP contribution < -0.4 is 0 Å². The number of allylic oxidation sites excluding steroid dienone is 12. The summed E-state index contributed by atoms with van der Waals surface area (Å²) in [4.78, 5) is 0. The van der Waals surface area contributed by atoms with Crippen LogP contribution in [0.15, 0.2) is 96.7 Å². The second kappa shape index (κ2) is 7.49. The van der Waals surface area contributed by atoms with Crippen molar-refractivity contribution in [3.05, 3.63) is 96.7 Å². The van der Waals surface area contributed by atoms with E-state index in [-0.39, 0.29) is 5.92 Å². The maximum atomic E-state index is 4.00. The molecule has 0 fully saturated rings. The molecule has 0 aromatic carbocycles. The molecule has 0 spiro atoms. The van der Waals surface area contributed by atoms with E-state index >= 15 is 0 Å². The molecule has 0 aromatic heterocycles. The predicted octanol–water partition coefficient (Wildman–Crippen LogP) is 5.87. The first-order valence-corrected chi connectivity index (χ1v) is 7.00. The van der Waals surface area contributed by atoms with Crippen molar-refractivity contribution < 1.29 is 0 Å². The summed E-state index contributed by atoms with van der Waals surface area (Å²) in [5, 5.41) is 0. The summed E-state index contributed by atoms with van der Waals surface area (Å²) in [6, 6.07) is 0. The maximum Gasteiger partial charge on any atom is 0.0281 e. The summed E-state index contributed by atoms with van der Waals surface area (Å²) in [6.45, 7) is 19.9. The van der Waals surface area contributed by atoms with E-state index in [9.17, 15) is 0 Å². The van der Waals surface area contributed by atoms with Crippen molar-refractivity contribution in [2.24, 2.45) is 5.92 Å². The van der Waals surface area contributed by atoms with Crippen LogP contribution in [0.3, 0.4) is 0 Å². The fourth-order valence-electron chi connectivity index (χ4n) is 2.77. The fourth-order valence-corrected chi connectivity index (χ4v) is 2.77. The van der Waals surface area contributed by atoms with Crippen LogP contribution in [0, 0.1) is 5.92 Å². The zero-order chi connectivity index (χ0) is 15.1. The van der Waals surface area contributed by atoms with Gasteiger partial charge in [0.1, 0.15) is 0 Å². The van der Waals surface area contributed by atoms with E-state index in [1.54, 1.807) is 6.08 Å². The van der Waals surface area contributed by atoms with Gasteiger partial charge >= 0.3 is 0 Å². The lowest BCUT2D eigenvalue weighted by Gasteiger charge is -2.16. The molecule has 0 saturated heterocycles. The average molecular weight is 264 g/mol. The fraction of sp³-hybridized carbons (Fsp3) is 0.200. The van der Waals surface area contributed by atoms with Crippen molar-refractivity contribution in [3.8, 4) is 0 Å². The Morgan fingerprint density at radius 2 is 1.80 bits per heavy atom. The van der Waals surface area contributed by atoms with E-state index in [0.717, 1.165) is 12.0 Å². The molecule has 1 rings (SSSR count). The van der Waals surface area contributed by atoms with Crippen LogP contribution in [0.5, 0.6) is 0 Å². The molecule has 0 N–H and O–H groups in total. The average Bonchev–Trinajstić information content (AvgIpc) is 2.79. The van der Waals surface area contributed by atoms with Gasteiger partial charge in [-0.25, -0.2) is 0 Å². The number of rotatable bonds is 7. The highest BCUT2D eigenvalue weighted by atomic mass is 14.3. The molecular formula is C20H24. The van der Waals surface area contributed by atoms with Crippen LogP contribution in [0.1, 0.15) is 20.3 Å². The van der Waals surface area contributed by atoms with Gasteiger partial charge in [-0.1, -0.05) is 69.2 Å². The molecule has 20 heavy (non-hydrogen) atoms. The third-order valence-corrected chi connectivity index (χ3v) is 3.67. The Morgan fingerprint density at radius 3 is 2.20 bits per heavy atom. The maximum absolute atomic E-state index is 4.00. The highest BCUT2D eigenvalue weighted by Gasteiger charge is 2.29. The van der Waals surface area contributed by atoms with Crippen molar-refractivity contribution in [1.82, 2.24) is 0 Å². The van der Waals surface area contributed by atoms with E-state index in [4.69, 9.17) is 0 Å². The van der Waals surface area contributed by atoms with Gasteiger partial charge in [-0.3, -0.25) is 0 Å². The van der Waals surface area contributed by atoms with Crippen LogP contribution in [-0.2, 0) is 0 Å². The molecular weight excluding hydrogens is 240 g/mol. The molecule has 0 amide bonds. The van der Waals surface area contributed by atoms with E-state index in [1.165, 1.54) is 22.3 Å². The zero-order valence-electron chi connectivity index (χ0n) is 12.7. The van der Waals surface area contributed by atoms with Gasteiger partial charge in [0.2, 0.25) is 0 Å². The largest absolute Gasteiger partial charge is 0.102 e.